The summed E-state index contributed by atoms with van der Waals surface area (Å²) < 4.78 is 0. The van der Waals surface area contributed by atoms with Crippen molar-refractivity contribution in [2.75, 3.05) is 0 Å². The Morgan fingerprint density at radius 2 is 1.50 bits per heavy atom. The van der Waals surface area contributed by atoms with Gasteiger partial charge in [-0.3, -0.25) is 0 Å². The van der Waals surface area contributed by atoms with E-state index in [0.717, 1.165) is 0 Å². The minimum absolute atomic E-state index is 1.18. The number of hydrogen-bond donors (Lipinski definition) is 0. The molecule has 0 atom stereocenters. The van der Waals surface area contributed by atoms with E-state index in [1.165, 1.54) is 76.8 Å². The van der Waals surface area contributed by atoms with Gasteiger partial charge in [-0.25, -0.2) is 0 Å². The minimum Gasteiger partial charge on any atom is -0.120 e. The predicted octanol–water partition coefficient (Wildman–Crippen LogP) is 11.2. The summed E-state index contributed by atoms with van der Waals surface area (Å²) in [6.07, 6.45) is 14.3. The molecule has 0 N–H and O–H groups in total. The van der Waals surface area contributed by atoms with Gasteiger partial charge >= 0.3 is 0 Å². The number of allylic oxidation sites excluding steroid dienone is 4. The lowest BCUT2D eigenvalue weighted by Crippen LogP contribution is -1.95. The van der Waals surface area contributed by atoms with Crippen molar-refractivity contribution in [3.05, 3.63) is 156 Å². The van der Waals surface area contributed by atoms with Gasteiger partial charge in [0.1, 0.15) is 0 Å². The molecule has 6 aromatic carbocycles. The molecule has 0 aromatic heterocycles. The average molecular weight is 509 g/mol. The molecule has 0 bridgehead atoms. The summed E-state index contributed by atoms with van der Waals surface area (Å²) in [5.41, 5.74) is 13.2. The quantitative estimate of drug-likeness (QED) is 0.0961. The van der Waals surface area contributed by atoms with Gasteiger partial charge in [0.2, 0.25) is 0 Å². The van der Waals surface area contributed by atoms with E-state index in [0.29, 0.717) is 0 Å². The van der Waals surface area contributed by atoms with Gasteiger partial charge in [0.25, 0.3) is 0 Å². The lowest BCUT2D eigenvalue weighted by molar-refractivity contribution is 1.44. The Hall–Kier alpha value is -5.16. The summed E-state index contributed by atoms with van der Waals surface area (Å²) in [5.74, 6) is 0. The van der Waals surface area contributed by atoms with Gasteiger partial charge in [0.15, 0.2) is 0 Å². The van der Waals surface area contributed by atoms with E-state index in [-0.39, 0.29) is 0 Å². The number of aryl methyl sites for hydroxylation is 1. The Kier molecular flexibility index (Phi) is 5.90. The van der Waals surface area contributed by atoms with Crippen molar-refractivity contribution in [3.8, 4) is 22.3 Å². The van der Waals surface area contributed by atoms with Crippen molar-refractivity contribution in [1.29, 1.82) is 0 Å². The summed E-state index contributed by atoms with van der Waals surface area (Å²) in [6, 6.07) is 35.7. The fourth-order valence-corrected chi connectivity index (χ4v) is 6.17. The molecule has 0 radical (unpaired) electrons. The third-order valence-corrected chi connectivity index (χ3v) is 7.99. The van der Waals surface area contributed by atoms with Crippen LogP contribution in [0, 0.1) is 6.92 Å². The van der Waals surface area contributed by atoms with Crippen LogP contribution in [0.5, 0.6) is 0 Å². The van der Waals surface area contributed by atoms with Gasteiger partial charge < -0.3 is 0 Å². The SMILES string of the molecule is C=C/C=C\c1c(C)cccc1-c1c2ccccc2c(-c2ccc3c(c2)C=C=CC=C3)c2c1ccc1ccccc12. The van der Waals surface area contributed by atoms with E-state index >= 15 is 0 Å². The fraction of sp³-hybridized carbons (Fsp3) is 0.0250. The van der Waals surface area contributed by atoms with Crippen LogP contribution >= 0.6 is 0 Å². The first-order valence-corrected chi connectivity index (χ1v) is 13.7. The summed E-state index contributed by atoms with van der Waals surface area (Å²) in [5, 5.41) is 7.57. The molecule has 0 spiro atoms. The second-order valence-corrected chi connectivity index (χ2v) is 10.3. The van der Waals surface area contributed by atoms with E-state index in [9.17, 15) is 0 Å². The molecule has 40 heavy (non-hydrogen) atoms. The van der Waals surface area contributed by atoms with Crippen LogP contribution in [0.1, 0.15) is 22.3 Å². The van der Waals surface area contributed by atoms with Crippen molar-refractivity contribution < 1.29 is 0 Å². The molecule has 188 valence electrons. The van der Waals surface area contributed by atoms with E-state index in [1.54, 1.807) is 0 Å². The Morgan fingerprint density at radius 1 is 0.700 bits per heavy atom. The third kappa shape index (κ3) is 3.86. The van der Waals surface area contributed by atoms with Crippen LogP contribution in [0.2, 0.25) is 0 Å². The number of rotatable bonds is 4. The van der Waals surface area contributed by atoms with E-state index in [4.69, 9.17) is 0 Å². The molecular formula is C40H28. The topological polar surface area (TPSA) is 0 Å². The monoisotopic (exact) mass is 508 g/mol. The first-order valence-electron chi connectivity index (χ1n) is 13.7. The van der Waals surface area contributed by atoms with E-state index < -0.39 is 0 Å². The molecule has 7 rings (SSSR count). The zero-order chi connectivity index (χ0) is 27.1. The van der Waals surface area contributed by atoms with E-state index in [2.05, 4.69) is 141 Å². The Labute approximate surface area is 235 Å². The number of benzene rings is 6. The molecule has 0 fully saturated rings. The van der Waals surface area contributed by atoms with Gasteiger partial charge in [0.05, 0.1) is 0 Å². The highest BCUT2D eigenvalue weighted by Crippen LogP contribution is 2.47. The number of fused-ring (bicyclic) bond motifs is 5. The highest BCUT2D eigenvalue weighted by Gasteiger charge is 2.20. The predicted molar refractivity (Wildman–Crippen MR) is 175 cm³/mol. The Morgan fingerprint density at radius 3 is 2.35 bits per heavy atom. The number of hydrogen-bond acceptors (Lipinski definition) is 0. The molecule has 0 unspecified atom stereocenters. The summed E-state index contributed by atoms with van der Waals surface area (Å²) in [7, 11) is 0. The maximum absolute atomic E-state index is 3.92. The maximum Gasteiger partial charge on any atom is -0.00141 e. The maximum atomic E-state index is 3.92. The largest absolute Gasteiger partial charge is 0.120 e. The van der Waals surface area contributed by atoms with Crippen LogP contribution in [-0.2, 0) is 0 Å². The van der Waals surface area contributed by atoms with Gasteiger partial charge in [-0.05, 0) is 102 Å². The molecule has 1 aliphatic carbocycles. The highest BCUT2D eigenvalue weighted by molar-refractivity contribution is 6.28. The lowest BCUT2D eigenvalue weighted by atomic mass is 9.82. The van der Waals surface area contributed by atoms with Crippen LogP contribution < -0.4 is 0 Å². The minimum atomic E-state index is 1.18. The molecular weight excluding hydrogens is 480 g/mol. The van der Waals surface area contributed by atoms with Crippen LogP contribution in [0.3, 0.4) is 0 Å². The summed E-state index contributed by atoms with van der Waals surface area (Å²) >= 11 is 0. The second-order valence-electron chi connectivity index (χ2n) is 10.3. The molecule has 0 heterocycles. The summed E-state index contributed by atoms with van der Waals surface area (Å²) in [6.45, 7) is 6.11. The first-order chi connectivity index (χ1) is 19.7. The Bertz CT molecular complexity index is 2110. The first kappa shape index (κ1) is 23.9. The van der Waals surface area contributed by atoms with Crippen molar-refractivity contribution in [3.63, 3.8) is 0 Å². The zero-order valence-corrected chi connectivity index (χ0v) is 22.5. The molecule has 0 nitrogen and oxygen atoms in total. The average Bonchev–Trinajstić information content (AvgIpc) is 3.24. The van der Waals surface area contributed by atoms with E-state index in [1.807, 2.05) is 18.2 Å². The molecule has 0 heteroatoms. The lowest BCUT2D eigenvalue weighted by Gasteiger charge is -2.21. The third-order valence-electron chi connectivity index (χ3n) is 7.99. The normalized spacial score (nSPS) is 12.4. The van der Waals surface area contributed by atoms with Crippen molar-refractivity contribution in [2.24, 2.45) is 0 Å². The van der Waals surface area contributed by atoms with Gasteiger partial charge in [0, 0.05) is 0 Å². The molecule has 0 saturated heterocycles. The van der Waals surface area contributed by atoms with Crippen molar-refractivity contribution in [1.82, 2.24) is 0 Å². The van der Waals surface area contributed by atoms with Gasteiger partial charge in [-0.2, -0.15) is 0 Å². The van der Waals surface area contributed by atoms with Crippen LogP contribution in [-0.4, -0.2) is 0 Å². The zero-order valence-electron chi connectivity index (χ0n) is 22.5. The highest BCUT2D eigenvalue weighted by atomic mass is 14.2. The Balaban J connectivity index is 1.70. The van der Waals surface area contributed by atoms with Gasteiger partial charge in [-0.15, -0.1) is 5.73 Å². The van der Waals surface area contributed by atoms with Gasteiger partial charge in [-0.1, -0.05) is 128 Å². The molecule has 0 aliphatic heterocycles. The smallest absolute Gasteiger partial charge is 0.00141 e. The standard InChI is InChI=1S/C40H28/c1-3-4-17-32-27(2)13-12-21-34(32)39-36-20-11-10-19-35(36)38(31-23-22-28-14-6-5-7-16-30(28)26-31)40-33-18-9-8-15-29(33)24-25-37(39)40/h3-6,8-26H,1H2,2H3/b17-4-. The van der Waals surface area contributed by atoms with Crippen molar-refractivity contribution >= 4 is 50.5 Å². The van der Waals surface area contributed by atoms with Crippen LogP contribution in [0.15, 0.2) is 134 Å². The molecule has 0 amide bonds. The fourth-order valence-electron chi connectivity index (χ4n) is 6.17. The molecule has 1 aliphatic rings. The van der Waals surface area contributed by atoms with Crippen LogP contribution in [0.25, 0.3) is 72.8 Å². The van der Waals surface area contributed by atoms with Crippen molar-refractivity contribution in [2.45, 2.75) is 6.92 Å². The van der Waals surface area contributed by atoms with Crippen LogP contribution in [0.4, 0.5) is 0 Å². The second kappa shape index (κ2) is 9.86. The molecule has 0 saturated carbocycles. The molecule has 6 aromatic rings. The summed E-state index contributed by atoms with van der Waals surface area (Å²) in [4.78, 5) is 0.